The van der Waals surface area contributed by atoms with E-state index in [0.29, 0.717) is 19.3 Å². The lowest BCUT2D eigenvalue weighted by atomic mass is 9.45. The zero-order valence-electron chi connectivity index (χ0n) is 17.4. The first-order chi connectivity index (χ1) is 13.1. The maximum Gasteiger partial charge on any atom is 0.302 e. The Morgan fingerprint density at radius 1 is 1.18 bits per heavy atom. The van der Waals surface area contributed by atoms with Gasteiger partial charge in [-0.15, -0.1) is 0 Å². The van der Waals surface area contributed by atoms with Crippen molar-refractivity contribution < 1.29 is 24.2 Å². The Morgan fingerprint density at radius 3 is 2.54 bits per heavy atom. The van der Waals surface area contributed by atoms with Crippen LogP contribution in [0.15, 0.2) is 11.6 Å². The van der Waals surface area contributed by atoms with Gasteiger partial charge < -0.3 is 9.84 Å². The second-order valence-corrected chi connectivity index (χ2v) is 10.1. The Balaban J connectivity index is 1.77. The molecule has 3 fully saturated rings. The SMILES string of the molecule is CC(=O)O[C@H]1CC[C@@]2(C)C(=C[C@@H](C(C)=O)[C@H]3C4CCC(=O)[C@@]4(C)C[C@@H](O)[C@@H]32)C1. The predicted molar refractivity (Wildman–Crippen MR) is 103 cm³/mol. The number of hydrogen-bond acceptors (Lipinski definition) is 5. The van der Waals surface area contributed by atoms with E-state index in [1.807, 2.05) is 6.92 Å². The summed E-state index contributed by atoms with van der Waals surface area (Å²) < 4.78 is 5.47. The van der Waals surface area contributed by atoms with Crippen LogP contribution in [0.2, 0.25) is 0 Å². The lowest BCUT2D eigenvalue weighted by Crippen LogP contribution is -2.59. The topological polar surface area (TPSA) is 80.7 Å². The van der Waals surface area contributed by atoms with Crippen LogP contribution in [0.3, 0.4) is 0 Å². The van der Waals surface area contributed by atoms with E-state index >= 15 is 0 Å². The first-order valence-electron chi connectivity index (χ1n) is 10.7. The molecule has 28 heavy (non-hydrogen) atoms. The Kier molecular flexibility index (Phi) is 4.61. The summed E-state index contributed by atoms with van der Waals surface area (Å²) in [6.45, 7) is 7.27. The van der Waals surface area contributed by atoms with E-state index in [1.54, 1.807) is 6.92 Å². The minimum atomic E-state index is -0.589. The number of aliphatic hydroxyl groups excluding tert-OH is 1. The van der Waals surface area contributed by atoms with E-state index in [0.717, 1.165) is 24.8 Å². The van der Waals surface area contributed by atoms with Gasteiger partial charge >= 0.3 is 5.97 Å². The van der Waals surface area contributed by atoms with E-state index in [9.17, 15) is 19.5 Å². The fraction of sp³-hybridized carbons (Fsp3) is 0.783. The third-order valence-corrected chi connectivity index (χ3v) is 8.56. The third-order valence-electron chi connectivity index (χ3n) is 8.56. The minimum Gasteiger partial charge on any atom is -0.462 e. The second kappa shape index (κ2) is 6.51. The van der Waals surface area contributed by atoms with E-state index in [-0.39, 0.29) is 52.7 Å². The minimum absolute atomic E-state index is 0.0109. The summed E-state index contributed by atoms with van der Waals surface area (Å²) in [5.41, 5.74) is 0.434. The Bertz CT molecular complexity index is 754. The van der Waals surface area contributed by atoms with Crippen LogP contribution in [0.5, 0.6) is 0 Å². The normalized spacial score (nSPS) is 47.5. The molecule has 5 nitrogen and oxygen atoms in total. The van der Waals surface area contributed by atoms with Crippen LogP contribution < -0.4 is 0 Å². The molecule has 1 unspecified atom stereocenters. The number of esters is 1. The highest BCUT2D eigenvalue weighted by Gasteiger charge is 2.64. The van der Waals surface area contributed by atoms with E-state index in [2.05, 4.69) is 13.0 Å². The van der Waals surface area contributed by atoms with Crippen LogP contribution in [-0.4, -0.2) is 34.9 Å². The molecule has 1 N–H and O–H groups in total. The van der Waals surface area contributed by atoms with Crippen molar-refractivity contribution in [2.45, 2.75) is 78.4 Å². The van der Waals surface area contributed by atoms with Crippen LogP contribution in [0, 0.1) is 34.5 Å². The maximum absolute atomic E-state index is 12.7. The number of hydrogen-bond donors (Lipinski definition) is 1. The molecule has 4 aliphatic rings. The summed E-state index contributed by atoms with van der Waals surface area (Å²) in [6.07, 6.45) is 5.49. The van der Waals surface area contributed by atoms with Crippen LogP contribution in [0.1, 0.15) is 66.2 Å². The fourth-order valence-electron chi connectivity index (χ4n) is 7.26. The molecule has 3 saturated carbocycles. The second-order valence-electron chi connectivity index (χ2n) is 10.1. The molecule has 8 atom stereocenters. The molecule has 0 saturated heterocycles. The van der Waals surface area contributed by atoms with Crippen molar-refractivity contribution in [2.24, 2.45) is 34.5 Å². The van der Waals surface area contributed by atoms with Crippen molar-refractivity contribution >= 4 is 17.5 Å². The smallest absolute Gasteiger partial charge is 0.302 e. The average molecular weight is 389 g/mol. The van der Waals surface area contributed by atoms with E-state index < -0.39 is 11.5 Å². The molecule has 0 heterocycles. The van der Waals surface area contributed by atoms with Gasteiger partial charge in [-0.05, 0) is 55.8 Å². The molecule has 0 bridgehead atoms. The Hall–Kier alpha value is -1.49. The summed E-state index contributed by atoms with van der Waals surface area (Å²) in [6, 6.07) is 0. The Labute approximate surface area is 166 Å². The average Bonchev–Trinajstić information content (AvgIpc) is 2.88. The van der Waals surface area contributed by atoms with Gasteiger partial charge in [0, 0.05) is 31.1 Å². The van der Waals surface area contributed by atoms with Gasteiger partial charge in [-0.1, -0.05) is 25.5 Å². The molecule has 0 aromatic rings. The van der Waals surface area contributed by atoms with Crippen molar-refractivity contribution in [3.63, 3.8) is 0 Å². The standard InChI is InChI=1S/C23H32O5/c1-12(24)16-10-14-9-15(28-13(2)25)7-8-22(14,3)21-18(26)11-23(4)17(20(16)21)5-6-19(23)27/h10,15-18,20-21,26H,5-9,11H2,1-4H3/t15-,16-,17?,18+,20-,21-,22-,23-/m0/s1. The zero-order valence-corrected chi connectivity index (χ0v) is 17.4. The molecule has 0 aliphatic heterocycles. The number of fused-ring (bicyclic) bond motifs is 5. The van der Waals surface area contributed by atoms with E-state index in [1.165, 1.54) is 6.92 Å². The third kappa shape index (κ3) is 2.72. The summed E-state index contributed by atoms with van der Waals surface area (Å²) in [7, 11) is 0. The first-order valence-corrected chi connectivity index (χ1v) is 10.7. The highest BCUT2D eigenvalue weighted by Crippen LogP contribution is 2.65. The number of rotatable bonds is 2. The lowest BCUT2D eigenvalue weighted by Gasteiger charge is -2.60. The van der Waals surface area contributed by atoms with Crippen LogP contribution in [-0.2, 0) is 19.1 Å². The van der Waals surface area contributed by atoms with Crippen molar-refractivity contribution in [1.29, 1.82) is 0 Å². The van der Waals surface area contributed by atoms with Gasteiger partial charge in [0.2, 0.25) is 0 Å². The summed E-state index contributed by atoms with van der Waals surface area (Å²) in [5, 5.41) is 11.3. The van der Waals surface area contributed by atoms with Crippen molar-refractivity contribution in [2.75, 3.05) is 0 Å². The predicted octanol–water partition coefficient (Wildman–Crippen LogP) is 3.24. The number of aliphatic hydroxyl groups is 1. The molecular formula is C23H32O5. The molecule has 0 spiro atoms. The molecule has 154 valence electrons. The number of ether oxygens (including phenoxy) is 1. The Morgan fingerprint density at radius 2 is 1.89 bits per heavy atom. The van der Waals surface area contributed by atoms with Crippen molar-refractivity contribution in [3.05, 3.63) is 11.6 Å². The fourth-order valence-corrected chi connectivity index (χ4v) is 7.26. The summed E-state index contributed by atoms with van der Waals surface area (Å²) in [5.74, 6) is -0.0486. The van der Waals surface area contributed by atoms with Gasteiger partial charge in [0.25, 0.3) is 0 Å². The molecule has 5 heteroatoms. The lowest BCUT2D eigenvalue weighted by molar-refractivity contribution is -0.159. The molecule has 4 rings (SSSR count). The van der Waals surface area contributed by atoms with Gasteiger partial charge in [0.1, 0.15) is 17.7 Å². The van der Waals surface area contributed by atoms with Crippen LogP contribution in [0.4, 0.5) is 0 Å². The molecule has 0 amide bonds. The number of carbonyl (C=O) groups is 3. The summed E-state index contributed by atoms with van der Waals surface area (Å²) in [4.78, 5) is 36.8. The quantitative estimate of drug-likeness (QED) is 0.580. The van der Waals surface area contributed by atoms with Crippen molar-refractivity contribution in [1.82, 2.24) is 0 Å². The van der Waals surface area contributed by atoms with Gasteiger partial charge in [-0.3, -0.25) is 14.4 Å². The van der Waals surface area contributed by atoms with Crippen LogP contribution in [0.25, 0.3) is 0 Å². The summed E-state index contributed by atoms with van der Waals surface area (Å²) >= 11 is 0. The van der Waals surface area contributed by atoms with Gasteiger partial charge in [0.05, 0.1) is 6.10 Å². The number of carbonyl (C=O) groups excluding carboxylic acids is 3. The van der Waals surface area contributed by atoms with Crippen molar-refractivity contribution in [3.8, 4) is 0 Å². The number of Topliss-reactive ketones (excluding diaryl/α,β-unsaturated/α-hetero) is 2. The van der Waals surface area contributed by atoms with Gasteiger partial charge in [-0.2, -0.15) is 0 Å². The first kappa shape index (κ1) is 19.8. The van der Waals surface area contributed by atoms with Crippen LogP contribution >= 0.6 is 0 Å². The van der Waals surface area contributed by atoms with Gasteiger partial charge in [0.15, 0.2) is 0 Å². The highest BCUT2D eigenvalue weighted by molar-refractivity contribution is 5.88. The largest absolute Gasteiger partial charge is 0.462 e. The molecular weight excluding hydrogens is 356 g/mol. The molecule has 0 aromatic heterocycles. The molecule has 0 aromatic carbocycles. The zero-order chi connectivity index (χ0) is 20.4. The van der Waals surface area contributed by atoms with Gasteiger partial charge in [-0.25, -0.2) is 0 Å². The molecule has 0 radical (unpaired) electrons. The molecule has 4 aliphatic carbocycles. The number of allylic oxidation sites excluding steroid dienone is 1. The number of ketones is 2. The highest BCUT2D eigenvalue weighted by atomic mass is 16.5. The van der Waals surface area contributed by atoms with E-state index in [4.69, 9.17) is 4.74 Å². The monoisotopic (exact) mass is 388 g/mol. The maximum atomic E-state index is 12.7.